The van der Waals surface area contributed by atoms with Gasteiger partial charge >= 0.3 is 0 Å². The molecule has 2 heterocycles. The minimum Gasteiger partial charge on any atom is -0.352 e. The van der Waals surface area contributed by atoms with E-state index in [1.54, 1.807) is 16.9 Å². The minimum atomic E-state index is -2.61. The van der Waals surface area contributed by atoms with Gasteiger partial charge in [0.1, 0.15) is 0 Å². The van der Waals surface area contributed by atoms with Crippen LogP contribution >= 0.6 is 0 Å². The highest BCUT2D eigenvalue weighted by molar-refractivity contribution is 5.76. The number of imidazole rings is 1. The van der Waals surface area contributed by atoms with Crippen LogP contribution in [0.2, 0.25) is 0 Å². The number of halogens is 4. The number of nitrogens with one attached hydrogen (secondary N) is 1. The quantitative estimate of drug-likeness (QED) is 0.530. The zero-order valence-electron chi connectivity index (χ0n) is 20.4. The fourth-order valence-electron chi connectivity index (χ4n) is 4.47. The van der Waals surface area contributed by atoms with E-state index in [1.807, 2.05) is 6.07 Å². The van der Waals surface area contributed by atoms with E-state index in [2.05, 4.69) is 21.1 Å². The van der Waals surface area contributed by atoms with E-state index in [-0.39, 0.29) is 56.4 Å². The molecule has 35 heavy (non-hydrogen) atoms. The van der Waals surface area contributed by atoms with Gasteiger partial charge in [-0.2, -0.15) is 5.10 Å². The largest absolute Gasteiger partial charge is 0.352 e. The average molecular weight is 500 g/mol. The van der Waals surface area contributed by atoms with Crippen molar-refractivity contribution in [3.8, 4) is 0 Å². The first kappa shape index (κ1) is 27.4. The van der Waals surface area contributed by atoms with E-state index in [0.717, 1.165) is 11.3 Å². The predicted octanol–water partition coefficient (Wildman–Crippen LogP) is 5.28. The Labute approximate surface area is 204 Å². The van der Waals surface area contributed by atoms with E-state index in [4.69, 9.17) is 0 Å². The van der Waals surface area contributed by atoms with Gasteiger partial charge in [-0.15, -0.1) is 0 Å². The lowest BCUT2D eigenvalue weighted by atomic mass is 9.79. The number of carbonyl (C=O) groups is 1. The Kier molecular flexibility index (Phi) is 9.49. The molecule has 0 aromatic carbocycles. The van der Waals surface area contributed by atoms with E-state index in [9.17, 15) is 22.4 Å². The van der Waals surface area contributed by atoms with E-state index >= 15 is 0 Å². The van der Waals surface area contributed by atoms with Crippen LogP contribution in [0, 0.1) is 11.8 Å². The van der Waals surface area contributed by atoms with Gasteiger partial charge in [-0.25, -0.2) is 27.1 Å². The van der Waals surface area contributed by atoms with Crippen LogP contribution in [0.5, 0.6) is 0 Å². The number of alkyl halides is 4. The Hall–Kier alpha value is -2.23. The van der Waals surface area contributed by atoms with Crippen LogP contribution in [0.1, 0.15) is 81.9 Å². The highest BCUT2D eigenvalue weighted by Gasteiger charge is 2.45. The van der Waals surface area contributed by atoms with Crippen molar-refractivity contribution >= 4 is 11.6 Å². The maximum atomic E-state index is 13.3. The van der Waals surface area contributed by atoms with Crippen LogP contribution in [0.25, 0.3) is 5.65 Å². The number of hydrogen-bond donors (Lipinski definition) is 2. The fraction of sp³-hybridized carbons (Fsp3) is 0.720. The van der Waals surface area contributed by atoms with Crippen molar-refractivity contribution in [3.63, 3.8) is 0 Å². The molecule has 0 spiro atoms. The molecular weight excluding hydrogens is 462 g/mol. The van der Waals surface area contributed by atoms with E-state index < -0.39 is 11.8 Å². The first-order valence-corrected chi connectivity index (χ1v) is 12.6. The molecule has 6 nitrogen and oxygen atoms in total. The molecule has 1 amide bonds. The Morgan fingerprint density at radius 2 is 1.69 bits per heavy atom. The molecule has 196 valence electrons. The number of nitrogens with two attached hydrogens (primary N) is 1. The summed E-state index contributed by atoms with van der Waals surface area (Å²) in [6.45, 7) is 0.255. The maximum Gasteiger partial charge on any atom is 0.248 e. The summed E-state index contributed by atoms with van der Waals surface area (Å²) in [5.74, 6) is -5.44. The molecule has 0 saturated heterocycles. The summed E-state index contributed by atoms with van der Waals surface area (Å²) < 4.78 is 53.9. The lowest BCUT2D eigenvalue weighted by Gasteiger charge is -2.34. The number of nitrogens with zero attached hydrogens (tertiary/aromatic N) is 3. The Morgan fingerprint density at radius 3 is 2.26 bits per heavy atom. The zero-order valence-corrected chi connectivity index (χ0v) is 20.4. The van der Waals surface area contributed by atoms with Crippen molar-refractivity contribution in [2.45, 2.75) is 95.4 Å². The van der Waals surface area contributed by atoms with Crippen molar-refractivity contribution in [2.75, 3.05) is 7.05 Å². The van der Waals surface area contributed by atoms with Gasteiger partial charge < -0.3 is 11.1 Å². The second kappa shape index (κ2) is 12.1. The summed E-state index contributed by atoms with van der Waals surface area (Å²) in [6, 6.07) is 1.81. The van der Waals surface area contributed by atoms with Crippen molar-refractivity contribution in [3.05, 3.63) is 29.7 Å². The molecular formula is C25H37F4N5O. The zero-order chi connectivity index (χ0) is 25.5. The maximum absolute atomic E-state index is 13.3. The SMILES string of the molecule is C1CCC1.CN.O=C(CC1CC(F)(F)C1)NCc1cnn2cc(CC3CCC(F)(F)CC3)nc2c1. The molecule has 5 rings (SSSR count). The van der Waals surface area contributed by atoms with Gasteiger partial charge in [-0.3, -0.25) is 4.79 Å². The summed E-state index contributed by atoms with van der Waals surface area (Å²) in [6.07, 6.45) is 10.6. The highest BCUT2D eigenvalue weighted by Crippen LogP contribution is 2.44. The van der Waals surface area contributed by atoms with Crippen LogP contribution < -0.4 is 11.1 Å². The molecule has 3 aliphatic rings. The molecule has 3 N–H and O–H groups in total. The first-order valence-electron chi connectivity index (χ1n) is 12.6. The number of aromatic nitrogens is 3. The van der Waals surface area contributed by atoms with Crippen LogP contribution in [-0.2, 0) is 17.8 Å². The molecule has 0 atom stereocenters. The lowest BCUT2D eigenvalue weighted by Crippen LogP contribution is -2.38. The van der Waals surface area contributed by atoms with Gasteiger partial charge in [-0.05, 0) is 49.8 Å². The van der Waals surface area contributed by atoms with E-state index in [0.29, 0.717) is 24.9 Å². The summed E-state index contributed by atoms with van der Waals surface area (Å²) in [4.78, 5) is 16.4. The summed E-state index contributed by atoms with van der Waals surface area (Å²) in [7, 11) is 1.50. The Bertz CT molecular complexity index is 938. The molecule has 0 unspecified atom stereocenters. The molecule has 3 fully saturated rings. The van der Waals surface area contributed by atoms with Crippen molar-refractivity contribution in [2.24, 2.45) is 17.6 Å². The summed E-state index contributed by atoms with van der Waals surface area (Å²) in [5.41, 5.74) is 6.71. The first-order chi connectivity index (χ1) is 16.7. The van der Waals surface area contributed by atoms with Gasteiger partial charge in [0, 0.05) is 38.6 Å². The third-order valence-corrected chi connectivity index (χ3v) is 6.90. The number of fused-ring (bicyclic) bond motifs is 1. The highest BCUT2D eigenvalue weighted by atomic mass is 19.3. The van der Waals surface area contributed by atoms with Gasteiger partial charge in [0.05, 0.1) is 18.1 Å². The number of hydrogen-bond acceptors (Lipinski definition) is 4. The number of rotatable bonds is 6. The monoisotopic (exact) mass is 499 g/mol. The average Bonchev–Trinajstić information content (AvgIpc) is 3.14. The molecule has 2 aromatic heterocycles. The Balaban J connectivity index is 0.000000508. The Morgan fingerprint density at radius 1 is 1.06 bits per heavy atom. The molecule has 0 aliphatic heterocycles. The van der Waals surface area contributed by atoms with Gasteiger partial charge in [0.2, 0.25) is 17.8 Å². The smallest absolute Gasteiger partial charge is 0.248 e. The second-order valence-corrected chi connectivity index (χ2v) is 9.93. The van der Waals surface area contributed by atoms with Gasteiger partial charge in [0.25, 0.3) is 0 Å². The van der Waals surface area contributed by atoms with Crippen molar-refractivity contribution < 1.29 is 22.4 Å². The topological polar surface area (TPSA) is 85.3 Å². The van der Waals surface area contributed by atoms with Crippen LogP contribution in [0.15, 0.2) is 18.5 Å². The van der Waals surface area contributed by atoms with Crippen molar-refractivity contribution in [1.82, 2.24) is 19.9 Å². The minimum absolute atomic E-state index is 0.0639. The third kappa shape index (κ3) is 8.44. The van der Waals surface area contributed by atoms with Gasteiger partial charge in [0.15, 0.2) is 5.65 Å². The molecule has 3 saturated carbocycles. The summed E-state index contributed by atoms with van der Waals surface area (Å²) in [5, 5.41) is 7.03. The van der Waals surface area contributed by atoms with Crippen molar-refractivity contribution in [1.29, 1.82) is 0 Å². The normalized spacial score (nSPS) is 21.0. The van der Waals surface area contributed by atoms with Crippen LogP contribution in [0.3, 0.4) is 0 Å². The molecule has 0 bridgehead atoms. The second-order valence-electron chi connectivity index (χ2n) is 9.93. The number of amides is 1. The predicted molar refractivity (Wildman–Crippen MR) is 126 cm³/mol. The van der Waals surface area contributed by atoms with Crippen LogP contribution in [0.4, 0.5) is 17.6 Å². The molecule has 2 aromatic rings. The fourth-order valence-corrected chi connectivity index (χ4v) is 4.47. The molecule has 0 radical (unpaired) electrons. The summed E-state index contributed by atoms with van der Waals surface area (Å²) >= 11 is 0. The van der Waals surface area contributed by atoms with Gasteiger partial charge in [-0.1, -0.05) is 25.7 Å². The van der Waals surface area contributed by atoms with Crippen LogP contribution in [-0.4, -0.2) is 39.4 Å². The standard InChI is InChI=1S/C20H24F4N4O.C4H8.CH5N/c21-19(22)3-1-13(2-4-19)5-16-12-28-17(27-16)6-15(11-26-28)10-25-18(29)7-14-8-20(23,24)9-14;1-2-4-3-1;1-2/h6,11-14H,1-5,7-10H2,(H,25,29);1-4H2;2H2,1H3. The molecule has 3 aliphatic carbocycles. The third-order valence-electron chi connectivity index (χ3n) is 6.90. The molecule has 10 heteroatoms. The number of carbonyl (C=O) groups excluding carboxylic acids is 1. The van der Waals surface area contributed by atoms with E-state index in [1.165, 1.54) is 32.7 Å². The lowest BCUT2D eigenvalue weighted by molar-refractivity contribution is -0.133.